The Morgan fingerprint density at radius 2 is 2.31 bits per heavy atom. The van der Waals surface area contributed by atoms with Crippen molar-refractivity contribution in [2.45, 2.75) is 19.4 Å². The number of nitrogens with one attached hydrogen (secondary N) is 1. The second-order valence-corrected chi connectivity index (χ2v) is 5.44. The molecule has 1 amide bonds. The van der Waals surface area contributed by atoms with Crippen LogP contribution >= 0.6 is 22.9 Å². The van der Waals surface area contributed by atoms with Crippen LogP contribution in [0.15, 0.2) is 11.4 Å². The minimum absolute atomic E-state index is 0.142. The zero-order chi connectivity index (χ0) is 12.1. The molecule has 3 nitrogen and oxygen atoms in total. The molecule has 0 spiro atoms. The Kier molecular flexibility index (Phi) is 5.25. The Balaban J connectivity index is 2.31. The van der Waals surface area contributed by atoms with E-state index >= 15 is 0 Å². The fourth-order valence-electron chi connectivity index (χ4n) is 1.29. The standard InChI is InChI=1S/C11H17ClN2OS/c1-8(9-6-10(12)16-7-9)13-5-4-11(15)14(2)3/h6-8,13H,4-5H2,1-3H3. The van der Waals surface area contributed by atoms with Gasteiger partial charge in [-0.05, 0) is 23.9 Å². The van der Waals surface area contributed by atoms with Gasteiger partial charge in [-0.15, -0.1) is 11.3 Å². The Morgan fingerprint density at radius 3 is 2.81 bits per heavy atom. The molecule has 1 aromatic heterocycles. The van der Waals surface area contributed by atoms with Crippen LogP contribution in [0.5, 0.6) is 0 Å². The highest BCUT2D eigenvalue weighted by atomic mass is 35.5. The number of hydrogen-bond acceptors (Lipinski definition) is 3. The maximum absolute atomic E-state index is 11.3. The molecular formula is C11H17ClN2OS. The van der Waals surface area contributed by atoms with Gasteiger partial charge >= 0.3 is 0 Å². The van der Waals surface area contributed by atoms with E-state index in [9.17, 15) is 4.79 Å². The predicted octanol–water partition coefficient (Wildman–Crippen LogP) is 2.53. The number of halogens is 1. The van der Waals surface area contributed by atoms with Crippen LogP contribution in [-0.4, -0.2) is 31.4 Å². The van der Waals surface area contributed by atoms with Gasteiger partial charge in [-0.25, -0.2) is 0 Å². The third kappa shape index (κ3) is 4.12. The van der Waals surface area contributed by atoms with E-state index in [1.165, 1.54) is 16.9 Å². The first kappa shape index (κ1) is 13.5. The summed E-state index contributed by atoms with van der Waals surface area (Å²) in [5, 5.41) is 5.33. The molecule has 5 heteroatoms. The van der Waals surface area contributed by atoms with E-state index in [1.54, 1.807) is 19.0 Å². The largest absolute Gasteiger partial charge is 0.349 e. The molecule has 1 aromatic rings. The molecule has 1 rings (SSSR count). The van der Waals surface area contributed by atoms with Crippen LogP contribution in [0.2, 0.25) is 4.34 Å². The van der Waals surface area contributed by atoms with Gasteiger partial charge in [0.05, 0.1) is 4.34 Å². The molecule has 0 radical (unpaired) electrons. The lowest BCUT2D eigenvalue weighted by Crippen LogP contribution is -2.27. The quantitative estimate of drug-likeness (QED) is 0.882. The predicted molar refractivity (Wildman–Crippen MR) is 69.1 cm³/mol. The molecule has 0 saturated carbocycles. The number of hydrogen-bond donors (Lipinski definition) is 1. The van der Waals surface area contributed by atoms with Crippen molar-refractivity contribution in [1.29, 1.82) is 0 Å². The van der Waals surface area contributed by atoms with E-state index in [-0.39, 0.29) is 11.9 Å². The number of carbonyl (C=O) groups excluding carboxylic acids is 1. The highest BCUT2D eigenvalue weighted by Crippen LogP contribution is 2.24. The van der Waals surface area contributed by atoms with E-state index in [1.807, 2.05) is 11.4 Å². The van der Waals surface area contributed by atoms with Gasteiger partial charge in [0.1, 0.15) is 0 Å². The van der Waals surface area contributed by atoms with E-state index in [2.05, 4.69) is 12.2 Å². The molecule has 0 aliphatic rings. The Bertz CT molecular complexity index is 352. The van der Waals surface area contributed by atoms with Crippen molar-refractivity contribution in [2.24, 2.45) is 0 Å². The average molecular weight is 261 g/mol. The summed E-state index contributed by atoms with van der Waals surface area (Å²) in [6.07, 6.45) is 0.523. The lowest BCUT2D eigenvalue weighted by Gasteiger charge is -2.14. The lowest BCUT2D eigenvalue weighted by molar-refractivity contribution is -0.128. The van der Waals surface area contributed by atoms with Gasteiger partial charge in [-0.1, -0.05) is 11.6 Å². The molecule has 1 atom stereocenters. The number of carbonyl (C=O) groups is 1. The van der Waals surface area contributed by atoms with Crippen LogP contribution in [0.1, 0.15) is 24.9 Å². The highest BCUT2D eigenvalue weighted by molar-refractivity contribution is 7.14. The minimum Gasteiger partial charge on any atom is -0.349 e. The van der Waals surface area contributed by atoms with Crippen molar-refractivity contribution in [3.63, 3.8) is 0 Å². The summed E-state index contributed by atoms with van der Waals surface area (Å²) in [6, 6.07) is 2.19. The lowest BCUT2D eigenvalue weighted by atomic mass is 10.2. The second-order valence-electron chi connectivity index (χ2n) is 3.90. The van der Waals surface area contributed by atoms with Crippen LogP contribution < -0.4 is 5.32 Å². The van der Waals surface area contributed by atoms with E-state index in [0.29, 0.717) is 13.0 Å². The van der Waals surface area contributed by atoms with Crippen molar-refractivity contribution in [3.8, 4) is 0 Å². The monoisotopic (exact) mass is 260 g/mol. The molecule has 1 heterocycles. The van der Waals surface area contributed by atoms with Gasteiger partial charge in [0.25, 0.3) is 0 Å². The van der Waals surface area contributed by atoms with Gasteiger partial charge in [0, 0.05) is 33.1 Å². The van der Waals surface area contributed by atoms with Crippen molar-refractivity contribution < 1.29 is 4.79 Å². The fourth-order valence-corrected chi connectivity index (χ4v) is 2.27. The van der Waals surface area contributed by atoms with E-state index in [0.717, 1.165) is 4.34 Å². The van der Waals surface area contributed by atoms with Crippen LogP contribution in [0.25, 0.3) is 0 Å². The van der Waals surface area contributed by atoms with Gasteiger partial charge < -0.3 is 10.2 Å². The van der Waals surface area contributed by atoms with Crippen LogP contribution in [0, 0.1) is 0 Å². The first-order valence-corrected chi connectivity index (χ1v) is 6.44. The minimum atomic E-state index is 0.142. The maximum Gasteiger partial charge on any atom is 0.223 e. The topological polar surface area (TPSA) is 32.3 Å². The Labute approximate surface area is 105 Å². The molecule has 0 fully saturated rings. The summed E-state index contributed by atoms with van der Waals surface area (Å²) in [5.41, 5.74) is 1.17. The number of nitrogens with zero attached hydrogens (tertiary/aromatic N) is 1. The third-order valence-corrected chi connectivity index (χ3v) is 3.49. The Morgan fingerprint density at radius 1 is 1.62 bits per heavy atom. The summed E-state index contributed by atoms with van der Waals surface area (Å²) >= 11 is 7.39. The summed E-state index contributed by atoms with van der Waals surface area (Å²) in [5.74, 6) is 0.142. The zero-order valence-corrected chi connectivity index (χ0v) is 11.4. The fraction of sp³-hybridized carbons (Fsp3) is 0.545. The van der Waals surface area contributed by atoms with Gasteiger partial charge in [-0.2, -0.15) is 0 Å². The molecule has 0 aliphatic heterocycles. The zero-order valence-electron chi connectivity index (χ0n) is 9.79. The molecule has 0 aromatic carbocycles. The molecule has 16 heavy (non-hydrogen) atoms. The maximum atomic E-state index is 11.3. The van der Waals surface area contributed by atoms with Gasteiger partial charge in [-0.3, -0.25) is 4.79 Å². The normalized spacial score (nSPS) is 12.5. The number of amides is 1. The van der Waals surface area contributed by atoms with E-state index in [4.69, 9.17) is 11.6 Å². The number of thiophene rings is 1. The molecule has 0 aliphatic carbocycles. The molecule has 0 saturated heterocycles. The van der Waals surface area contributed by atoms with Crippen molar-refractivity contribution in [3.05, 3.63) is 21.3 Å². The summed E-state index contributed by atoms with van der Waals surface area (Å²) in [7, 11) is 3.54. The van der Waals surface area contributed by atoms with Crippen LogP contribution in [0.4, 0.5) is 0 Å². The SMILES string of the molecule is CC(NCCC(=O)N(C)C)c1csc(Cl)c1. The molecule has 0 bridgehead atoms. The van der Waals surface area contributed by atoms with Crippen molar-refractivity contribution in [1.82, 2.24) is 10.2 Å². The highest BCUT2D eigenvalue weighted by Gasteiger charge is 2.08. The van der Waals surface area contributed by atoms with E-state index < -0.39 is 0 Å². The van der Waals surface area contributed by atoms with Gasteiger partial charge in [0.2, 0.25) is 5.91 Å². The molecule has 90 valence electrons. The third-order valence-electron chi connectivity index (χ3n) is 2.38. The van der Waals surface area contributed by atoms with Crippen molar-refractivity contribution in [2.75, 3.05) is 20.6 Å². The number of rotatable bonds is 5. The summed E-state index contributed by atoms with van der Waals surface area (Å²) < 4.78 is 0.799. The molecule has 1 unspecified atom stereocenters. The Hall–Kier alpha value is -0.580. The molecule has 1 N–H and O–H groups in total. The smallest absolute Gasteiger partial charge is 0.223 e. The van der Waals surface area contributed by atoms with Crippen molar-refractivity contribution >= 4 is 28.8 Å². The average Bonchev–Trinajstić information content (AvgIpc) is 2.64. The van der Waals surface area contributed by atoms with Gasteiger partial charge in [0.15, 0.2) is 0 Å². The van der Waals surface area contributed by atoms with Crippen LogP contribution in [-0.2, 0) is 4.79 Å². The molecular weight excluding hydrogens is 244 g/mol. The van der Waals surface area contributed by atoms with Crippen LogP contribution in [0.3, 0.4) is 0 Å². The first-order valence-electron chi connectivity index (χ1n) is 5.18. The summed E-state index contributed by atoms with van der Waals surface area (Å²) in [4.78, 5) is 12.9. The summed E-state index contributed by atoms with van der Waals surface area (Å²) in [6.45, 7) is 2.75. The first-order chi connectivity index (χ1) is 7.50. The second kappa shape index (κ2) is 6.23.